The first-order valence-electron chi connectivity index (χ1n) is 7.05. The summed E-state index contributed by atoms with van der Waals surface area (Å²) in [6.45, 7) is 6.00. The van der Waals surface area contributed by atoms with Gasteiger partial charge in [-0.25, -0.2) is 9.78 Å². The Labute approximate surface area is 119 Å². The van der Waals surface area contributed by atoms with E-state index in [2.05, 4.69) is 23.7 Å². The molecule has 2 aromatic rings. The quantitative estimate of drug-likeness (QED) is 0.873. The van der Waals surface area contributed by atoms with E-state index < -0.39 is 5.97 Å². The number of aromatic nitrogens is 1. The van der Waals surface area contributed by atoms with Gasteiger partial charge in [-0.15, -0.1) is 0 Å². The van der Waals surface area contributed by atoms with E-state index in [0.717, 1.165) is 42.5 Å². The number of hydrogen-bond acceptors (Lipinski definition) is 3. The van der Waals surface area contributed by atoms with E-state index in [0.29, 0.717) is 0 Å². The predicted octanol–water partition coefficient (Wildman–Crippen LogP) is 3.56. The topological polar surface area (TPSA) is 53.4 Å². The number of anilines is 1. The number of carboxylic acids is 1. The molecule has 0 bridgehead atoms. The lowest BCUT2D eigenvalue weighted by atomic mass is 10.1. The van der Waals surface area contributed by atoms with Crippen LogP contribution in [0.2, 0.25) is 0 Å². The third-order valence-electron chi connectivity index (χ3n) is 3.23. The fourth-order valence-electron chi connectivity index (χ4n) is 2.39. The Morgan fingerprint density at radius 3 is 2.45 bits per heavy atom. The van der Waals surface area contributed by atoms with Crippen LogP contribution in [0.25, 0.3) is 10.8 Å². The summed E-state index contributed by atoms with van der Waals surface area (Å²) in [5.74, 6) is -0.200. The number of hydrogen-bond donors (Lipinski definition) is 1. The van der Waals surface area contributed by atoms with Gasteiger partial charge in [0.2, 0.25) is 0 Å². The molecule has 0 saturated carbocycles. The van der Waals surface area contributed by atoms with E-state index in [9.17, 15) is 9.90 Å². The van der Waals surface area contributed by atoms with Crippen LogP contribution in [0.15, 0.2) is 30.3 Å². The summed E-state index contributed by atoms with van der Waals surface area (Å²) in [5, 5.41) is 11.2. The summed E-state index contributed by atoms with van der Waals surface area (Å²) >= 11 is 0. The van der Waals surface area contributed by atoms with Crippen molar-refractivity contribution in [1.29, 1.82) is 0 Å². The first-order valence-corrected chi connectivity index (χ1v) is 7.05. The van der Waals surface area contributed by atoms with Crippen LogP contribution in [0.4, 0.5) is 5.82 Å². The monoisotopic (exact) mass is 272 g/mol. The van der Waals surface area contributed by atoms with Gasteiger partial charge >= 0.3 is 5.97 Å². The second kappa shape index (κ2) is 6.37. The second-order valence-electron chi connectivity index (χ2n) is 4.84. The van der Waals surface area contributed by atoms with Crippen LogP contribution >= 0.6 is 0 Å². The Kier molecular flexibility index (Phi) is 4.56. The van der Waals surface area contributed by atoms with Crippen LogP contribution in [0.5, 0.6) is 0 Å². The van der Waals surface area contributed by atoms with Crippen molar-refractivity contribution in [2.24, 2.45) is 0 Å². The molecule has 20 heavy (non-hydrogen) atoms. The molecule has 4 nitrogen and oxygen atoms in total. The van der Waals surface area contributed by atoms with E-state index >= 15 is 0 Å². The summed E-state index contributed by atoms with van der Waals surface area (Å²) in [7, 11) is 0. The highest BCUT2D eigenvalue weighted by Gasteiger charge is 2.15. The maximum Gasteiger partial charge on any atom is 0.354 e. The van der Waals surface area contributed by atoms with Gasteiger partial charge < -0.3 is 10.0 Å². The Hall–Kier alpha value is -2.10. The van der Waals surface area contributed by atoms with Crippen LogP contribution in [-0.4, -0.2) is 29.1 Å². The third-order valence-corrected chi connectivity index (χ3v) is 3.23. The minimum Gasteiger partial charge on any atom is -0.477 e. The van der Waals surface area contributed by atoms with Crippen molar-refractivity contribution in [3.63, 3.8) is 0 Å². The lowest BCUT2D eigenvalue weighted by Gasteiger charge is -2.24. The number of benzene rings is 1. The number of pyridine rings is 1. The first kappa shape index (κ1) is 14.3. The summed E-state index contributed by atoms with van der Waals surface area (Å²) in [5.41, 5.74) is 0.107. The van der Waals surface area contributed by atoms with Gasteiger partial charge in [-0.3, -0.25) is 0 Å². The van der Waals surface area contributed by atoms with Gasteiger partial charge in [0.05, 0.1) is 0 Å². The third kappa shape index (κ3) is 2.90. The Morgan fingerprint density at radius 1 is 1.20 bits per heavy atom. The second-order valence-corrected chi connectivity index (χ2v) is 4.84. The molecule has 106 valence electrons. The fourth-order valence-corrected chi connectivity index (χ4v) is 2.39. The van der Waals surface area contributed by atoms with E-state index in [-0.39, 0.29) is 5.69 Å². The number of carbonyl (C=O) groups is 1. The van der Waals surface area contributed by atoms with Crippen LogP contribution in [-0.2, 0) is 0 Å². The number of rotatable bonds is 6. The highest BCUT2D eigenvalue weighted by Crippen LogP contribution is 2.26. The zero-order chi connectivity index (χ0) is 14.5. The van der Waals surface area contributed by atoms with E-state index in [4.69, 9.17) is 0 Å². The van der Waals surface area contributed by atoms with Gasteiger partial charge in [0.1, 0.15) is 5.82 Å². The van der Waals surface area contributed by atoms with Crippen molar-refractivity contribution >= 4 is 22.6 Å². The lowest BCUT2D eigenvalue weighted by Crippen LogP contribution is -2.26. The molecule has 0 spiro atoms. The molecule has 2 rings (SSSR count). The Balaban J connectivity index is 2.61. The first-order chi connectivity index (χ1) is 9.67. The summed E-state index contributed by atoms with van der Waals surface area (Å²) in [4.78, 5) is 17.8. The molecule has 1 aromatic heterocycles. The highest BCUT2D eigenvalue weighted by molar-refractivity contribution is 5.98. The van der Waals surface area contributed by atoms with Crippen LogP contribution in [0.3, 0.4) is 0 Å². The molecule has 1 heterocycles. The molecular weight excluding hydrogens is 252 g/mol. The molecule has 0 aliphatic rings. The standard InChI is InChI=1S/C16H20N2O2/c1-3-9-18(10-4-2)15-13-8-6-5-7-12(13)11-14(17-15)16(19)20/h5-8,11H,3-4,9-10H2,1-2H3,(H,19,20). The number of nitrogens with zero attached hydrogens (tertiary/aromatic N) is 2. The van der Waals surface area contributed by atoms with Crippen molar-refractivity contribution in [2.45, 2.75) is 26.7 Å². The molecule has 1 N–H and O–H groups in total. The van der Waals surface area contributed by atoms with E-state index in [1.165, 1.54) is 0 Å². The fraction of sp³-hybridized carbons (Fsp3) is 0.375. The van der Waals surface area contributed by atoms with Crippen LogP contribution in [0.1, 0.15) is 37.2 Å². The summed E-state index contributed by atoms with van der Waals surface area (Å²) < 4.78 is 0. The molecule has 0 unspecified atom stereocenters. The largest absolute Gasteiger partial charge is 0.477 e. The van der Waals surface area contributed by atoms with Gasteiger partial charge in [-0.2, -0.15) is 0 Å². The minimum atomic E-state index is -0.982. The summed E-state index contributed by atoms with van der Waals surface area (Å²) in [6, 6.07) is 9.45. The molecule has 0 amide bonds. The molecule has 0 fully saturated rings. The number of fused-ring (bicyclic) bond motifs is 1. The Morgan fingerprint density at radius 2 is 1.85 bits per heavy atom. The molecular formula is C16H20N2O2. The van der Waals surface area contributed by atoms with Crippen molar-refractivity contribution in [2.75, 3.05) is 18.0 Å². The van der Waals surface area contributed by atoms with E-state index in [1.54, 1.807) is 6.07 Å². The predicted molar refractivity (Wildman–Crippen MR) is 81.5 cm³/mol. The zero-order valence-electron chi connectivity index (χ0n) is 12.0. The van der Waals surface area contributed by atoms with Gasteiger partial charge in [-0.05, 0) is 24.3 Å². The smallest absolute Gasteiger partial charge is 0.354 e. The van der Waals surface area contributed by atoms with Crippen LogP contribution in [0, 0.1) is 0 Å². The molecule has 0 radical (unpaired) electrons. The average molecular weight is 272 g/mol. The lowest BCUT2D eigenvalue weighted by molar-refractivity contribution is 0.0691. The van der Waals surface area contributed by atoms with Gasteiger partial charge in [0, 0.05) is 18.5 Å². The van der Waals surface area contributed by atoms with Crippen molar-refractivity contribution in [3.8, 4) is 0 Å². The SMILES string of the molecule is CCCN(CCC)c1nc(C(=O)O)cc2ccccc12. The highest BCUT2D eigenvalue weighted by atomic mass is 16.4. The van der Waals surface area contributed by atoms with Crippen molar-refractivity contribution in [3.05, 3.63) is 36.0 Å². The summed E-state index contributed by atoms with van der Waals surface area (Å²) in [6.07, 6.45) is 2.01. The maximum atomic E-state index is 11.3. The molecule has 1 aromatic carbocycles. The van der Waals surface area contributed by atoms with E-state index in [1.807, 2.05) is 24.3 Å². The maximum absolute atomic E-state index is 11.3. The number of carboxylic acid groups (broad SMARTS) is 1. The van der Waals surface area contributed by atoms with Crippen molar-refractivity contribution < 1.29 is 9.90 Å². The molecule has 4 heteroatoms. The minimum absolute atomic E-state index is 0.107. The molecule has 0 atom stereocenters. The van der Waals surface area contributed by atoms with Crippen LogP contribution < -0.4 is 4.90 Å². The molecule has 0 saturated heterocycles. The Bertz CT molecular complexity index is 604. The van der Waals surface area contributed by atoms with Crippen molar-refractivity contribution in [1.82, 2.24) is 4.98 Å². The molecule has 0 aliphatic heterocycles. The van der Waals surface area contributed by atoms with Gasteiger partial charge in [0.15, 0.2) is 5.69 Å². The van der Waals surface area contributed by atoms with Gasteiger partial charge in [-0.1, -0.05) is 38.1 Å². The normalized spacial score (nSPS) is 10.7. The van der Waals surface area contributed by atoms with Gasteiger partial charge in [0.25, 0.3) is 0 Å². The average Bonchev–Trinajstić information content (AvgIpc) is 2.46. The number of aromatic carboxylic acids is 1. The molecule has 0 aliphatic carbocycles. The zero-order valence-corrected chi connectivity index (χ0v) is 12.0.